The molecule has 1 fully saturated rings. The van der Waals surface area contributed by atoms with Gasteiger partial charge in [-0.2, -0.15) is 13.2 Å². The summed E-state index contributed by atoms with van der Waals surface area (Å²) in [4.78, 5) is 30.2. The Morgan fingerprint density at radius 3 is 2.56 bits per heavy atom. The molecule has 1 N–H and O–H groups in total. The Labute approximate surface area is 189 Å². The van der Waals surface area contributed by atoms with Gasteiger partial charge in [0.25, 0.3) is 0 Å². The van der Waals surface area contributed by atoms with Crippen molar-refractivity contribution in [3.05, 3.63) is 45.6 Å². The van der Waals surface area contributed by atoms with Crippen molar-refractivity contribution in [2.75, 3.05) is 29.9 Å². The first-order valence-electron chi connectivity index (χ1n) is 10.9. The molecule has 1 aromatic carbocycles. The van der Waals surface area contributed by atoms with Crippen LogP contribution in [0.2, 0.25) is 0 Å². The molecule has 0 saturated carbocycles. The predicted molar refractivity (Wildman–Crippen MR) is 119 cm³/mol. The molecule has 2 aliphatic heterocycles. The Morgan fingerprint density at radius 1 is 1.03 bits per heavy atom. The fraction of sp³-hybridized carbons (Fsp3) is 0.478. The van der Waals surface area contributed by atoms with Gasteiger partial charge in [0.2, 0.25) is 11.8 Å². The number of carbonyl (C=O) groups is 2. The Hall–Kier alpha value is -2.55. The number of hydrogen-bond donors (Lipinski definition) is 1. The fourth-order valence-corrected chi connectivity index (χ4v) is 5.17. The van der Waals surface area contributed by atoms with Crippen LogP contribution in [0.5, 0.6) is 0 Å². The van der Waals surface area contributed by atoms with Crippen LogP contribution < -0.4 is 10.2 Å². The van der Waals surface area contributed by atoms with Gasteiger partial charge in [0.15, 0.2) is 0 Å². The number of hydrogen-bond acceptors (Lipinski definition) is 4. The number of nitrogens with zero attached hydrogens (tertiary/aromatic N) is 2. The zero-order chi connectivity index (χ0) is 22.7. The van der Waals surface area contributed by atoms with Gasteiger partial charge in [-0.05, 0) is 60.9 Å². The summed E-state index contributed by atoms with van der Waals surface area (Å²) in [6.07, 6.45) is -0.705. The lowest BCUT2D eigenvalue weighted by Gasteiger charge is -2.31. The molecule has 4 rings (SSSR count). The largest absolute Gasteiger partial charge is 0.416 e. The molecule has 32 heavy (non-hydrogen) atoms. The van der Waals surface area contributed by atoms with Crippen molar-refractivity contribution in [2.24, 2.45) is 0 Å². The summed E-state index contributed by atoms with van der Waals surface area (Å²) in [7, 11) is 0. The minimum atomic E-state index is -4.50. The van der Waals surface area contributed by atoms with Crippen LogP contribution in [0.1, 0.15) is 48.1 Å². The number of piperidine rings is 1. The van der Waals surface area contributed by atoms with Crippen molar-refractivity contribution in [3.63, 3.8) is 0 Å². The molecule has 2 aromatic rings. The number of anilines is 2. The average Bonchev–Trinajstić information content (AvgIpc) is 3.25. The molecule has 5 nitrogen and oxygen atoms in total. The molecule has 1 aromatic heterocycles. The fourth-order valence-electron chi connectivity index (χ4n) is 4.28. The number of carbonyl (C=O) groups excluding carboxylic acids is 2. The summed E-state index contributed by atoms with van der Waals surface area (Å²) in [5, 5.41) is 4.66. The molecule has 0 spiro atoms. The van der Waals surface area contributed by atoms with E-state index in [0.717, 1.165) is 56.5 Å². The van der Waals surface area contributed by atoms with Crippen LogP contribution in [0, 0.1) is 0 Å². The molecule has 1 saturated heterocycles. The maximum absolute atomic E-state index is 13.2. The number of alkyl halides is 3. The van der Waals surface area contributed by atoms with Crippen molar-refractivity contribution >= 4 is 34.5 Å². The van der Waals surface area contributed by atoms with E-state index in [-0.39, 0.29) is 24.4 Å². The topological polar surface area (TPSA) is 52.7 Å². The third-order valence-electron chi connectivity index (χ3n) is 6.02. The second-order valence-electron chi connectivity index (χ2n) is 8.26. The molecule has 2 aliphatic rings. The molecular weight excluding hydrogens is 439 g/mol. The Balaban J connectivity index is 1.40. The van der Waals surface area contributed by atoms with Crippen molar-refractivity contribution < 1.29 is 22.8 Å². The van der Waals surface area contributed by atoms with Crippen molar-refractivity contribution in [1.82, 2.24) is 4.90 Å². The maximum atomic E-state index is 13.2. The first-order valence-corrected chi connectivity index (χ1v) is 11.8. The molecule has 172 valence electrons. The molecule has 2 amide bonds. The quantitative estimate of drug-likeness (QED) is 0.672. The zero-order valence-corrected chi connectivity index (χ0v) is 18.5. The molecule has 3 heterocycles. The summed E-state index contributed by atoms with van der Waals surface area (Å²) in [5.41, 5.74) is 1.09. The highest BCUT2D eigenvalue weighted by Gasteiger charge is 2.32. The van der Waals surface area contributed by atoms with E-state index >= 15 is 0 Å². The van der Waals surface area contributed by atoms with E-state index in [1.54, 1.807) is 16.2 Å². The van der Waals surface area contributed by atoms with Gasteiger partial charge < -0.3 is 15.1 Å². The summed E-state index contributed by atoms with van der Waals surface area (Å²) in [5.74, 6) is -0.568. The molecule has 0 radical (unpaired) electrons. The third-order valence-corrected chi connectivity index (χ3v) is 7.04. The number of nitrogens with one attached hydrogen (secondary N) is 1. The molecule has 0 unspecified atom stereocenters. The summed E-state index contributed by atoms with van der Waals surface area (Å²) >= 11 is 1.69. The van der Waals surface area contributed by atoms with Crippen LogP contribution in [0.3, 0.4) is 0 Å². The van der Waals surface area contributed by atoms with E-state index in [1.165, 1.54) is 10.9 Å². The first-order chi connectivity index (χ1) is 15.3. The van der Waals surface area contributed by atoms with Gasteiger partial charge in [0.05, 0.1) is 16.9 Å². The highest BCUT2D eigenvalue weighted by molar-refractivity contribution is 7.10. The number of rotatable bonds is 5. The Bertz CT molecular complexity index is 983. The number of amides is 2. The van der Waals surface area contributed by atoms with E-state index in [1.807, 2.05) is 16.3 Å². The van der Waals surface area contributed by atoms with Crippen LogP contribution >= 0.6 is 11.3 Å². The number of fused-ring (bicyclic) bond motifs is 1. The summed E-state index contributed by atoms with van der Waals surface area (Å²) in [6, 6.07) is 5.49. The van der Waals surface area contributed by atoms with Gasteiger partial charge in [0, 0.05) is 43.9 Å². The maximum Gasteiger partial charge on any atom is 0.416 e. The molecule has 0 aliphatic carbocycles. The van der Waals surface area contributed by atoms with Crippen molar-refractivity contribution in [3.8, 4) is 0 Å². The highest BCUT2D eigenvalue weighted by atomic mass is 32.1. The number of benzene rings is 1. The summed E-state index contributed by atoms with van der Waals surface area (Å²) < 4.78 is 39.7. The third kappa shape index (κ3) is 5.26. The van der Waals surface area contributed by atoms with Crippen molar-refractivity contribution in [1.29, 1.82) is 0 Å². The first kappa shape index (κ1) is 22.6. The van der Waals surface area contributed by atoms with Gasteiger partial charge in [-0.1, -0.05) is 0 Å². The second kappa shape index (κ2) is 9.52. The van der Waals surface area contributed by atoms with Gasteiger partial charge in [0.1, 0.15) is 0 Å². The molecule has 9 heteroatoms. The number of halogens is 3. The normalized spacial score (nSPS) is 16.6. The van der Waals surface area contributed by atoms with E-state index in [9.17, 15) is 22.8 Å². The molecular formula is C23H26F3N3O2S. The predicted octanol–water partition coefficient (Wildman–Crippen LogP) is 5.06. The lowest BCUT2D eigenvalue weighted by molar-refractivity contribution is -0.137. The zero-order valence-electron chi connectivity index (χ0n) is 17.7. The lowest BCUT2D eigenvalue weighted by Crippen LogP contribution is -2.35. The minimum absolute atomic E-state index is 0.0311. The SMILES string of the molecule is O=C(CCC(=O)N1CCc2sccc2C1)Nc1cc(C(F)(F)F)ccc1N1CCCCC1. The van der Waals surface area contributed by atoms with Crippen molar-refractivity contribution in [2.45, 2.75) is 51.2 Å². The van der Waals surface area contributed by atoms with Crippen LogP contribution in [0.25, 0.3) is 0 Å². The van der Waals surface area contributed by atoms with Crippen LogP contribution in [0.15, 0.2) is 29.6 Å². The van der Waals surface area contributed by atoms with E-state index in [0.29, 0.717) is 18.8 Å². The van der Waals surface area contributed by atoms with E-state index in [2.05, 4.69) is 5.32 Å². The van der Waals surface area contributed by atoms with Crippen LogP contribution in [0.4, 0.5) is 24.5 Å². The van der Waals surface area contributed by atoms with E-state index in [4.69, 9.17) is 0 Å². The molecule has 0 bridgehead atoms. The Morgan fingerprint density at radius 2 is 1.81 bits per heavy atom. The van der Waals surface area contributed by atoms with Gasteiger partial charge in [-0.25, -0.2) is 0 Å². The van der Waals surface area contributed by atoms with Crippen LogP contribution in [-0.4, -0.2) is 36.3 Å². The van der Waals surface area contributed by atoms with E-state index < -0.39 is 17.6 Å². The van der Waals surface area contributed by atoms with Gasteiger partial charge >= 0.3 is 6.18 Å². The average molecular weight is 466 g/mol. The van der Waals surface area contributed by atoms with Crippen LogP contribution in [-0.2, 0) is 28.7 Å². The smallest absolute Gasteiger partial charge is 0.370 e. The highest BCUT2D eigenvalue weighted by Crippen LogP contribution is 2.36. The summed E-state index contributed by atoms with van der Waals surface area (Å²) in [6.45, 7) is 2.66. The minimum Gasteiger partial charge on any atom is -0.370 e. The standard InChI is InChI=1S/C23H26F3N3O2S/c24-23(25,26)17-4-5-19(28-10-2-1-3-11-28)18(14-17)27-21(30)6-7-22(31)29-12-8-20-16(15-29)9-13-32-20/h4-5,9,13-14H,1-3,6-8,10-12,15H2,(H,27,30). The lowest BCUT2D eigenvalue weighted by atomic mass is 10.1. The molecule has 0 atom stereocenters. The monoisotopic (exact) mass is 465 g/mol. The Kier molecular flexibility index (Phi) is 6.74. The number of thiophene rings is 1. The second-order valence-corrected chi connectivity index (χ2v) is 9.26. The van der Waals surface area contributed by atoms with Gasteiger partial charge in [-0.3, -0.25) is 9.59 Å². The van der Waals surface area contributed by atoms with Gasteiger partial charge in [-0.15, -0.1) is 11.3 Å².